The smallest absolute Gasteiger partial charge is 0.313 e. The van der Waals surface area contributed by atoms with Gasteiger partial charge in [-0.05, 0) is 0 Å². The summed E-state index contributed by atoms with van der Waals surface area (Å²) in [6.07, 6.45) is 0. The molecule has 0 aromatic carbocycles. The minimum atomic E-state index is -0.829. The van der Waals surface area contributed by atoms with Gasteiger partial charge in [-0.1, -0.05) is 34.8 Å². The van der Waals surface area contributed by atoms with Gasteiger partial charge in [-0.3, -0.25) is 9.59 Å². The topological polar surface area (TPSA) is 78.6 Å². The lowest BCUT2D eigenvalue weighted by Crippen LogP contribution is -2.29. The first kappa shape index (κ1) is 10.5. The molecule has 5 nitrogen and oxygen atoms in total. The van der Waals surface area contributed by atoms with Gasteiger partial charge in [0.15, 0.2) is 10.8 Å². The zero-order valence-electron chi connectivity index (χ0n) is 6.90. The third-order valence-electron chi connectivity index (χ3n) is 1.72. The number of aromatic nitrogens is 3. The fraction of sp³-hybridized carbons (Fsp3) is 0. The van der Waals surface area contributed by atoms with E-state index in [0.717, 1.165) is 0 Å². The Morgan fingerprint density at radius 1 is 0.933 bits per heavy atom. The van der Waals surface area contributed by atoms with Crippen LogP contribution in [-0.2, 0) is 0 Å². The molecule has 15 heavy (non-hydrogen) atoms. The van der Waals surface area contributed by atoms with E-state index in [1.807, 2.05) is 0 Å². The summed E-state index contributed by atoms with van der Waals surface area (Å²) in [4.78, 5) is 30.2. The van der Waals surface area contributed by atoms with Crippen LogP contribution >= 0.6 is 34.8 Å². The van der Waals surface area contributed by atoms with Crippen molar-refractivity contribution in [3.8, 4) is 0 Å². The zero-order chi connectivity index (χ0) is 11.2. The highest BCUT2D eigenvalue weighted by molar-refractivity contribution is 6.49. The predicted octanol–water partition coefficient (Wildman–Crippen LogP) is 1.57. The highest BCUT2D eigenvalue weighted by Gasteiger charge is 2.12. The first-order valence-electron chi connectivity index (χ1n) is 3.67. The standard InChI is InChI=1S/C7H2Cl3N3O2/c8-1-2(9)4(10)12-5-3(1)11-6(14)7(15)13-5/h(H,11,14)(H,12,13,15). The zero-order valence-corrected chi connectivity index (χ0v) is 9.17. The second kappa shape index (κ2) is 3.52. The van der Waals surface area contributed by atoms with Crippen molar-refractivity contribution in [1.82, 2.24) is 15.0 Å². The molecule has 0 spiro atoms. The Morgan fingerprint density at radius 3 is 2.20 bits per heavy atom. The molecule has 2 rings (SSSR count). The largest absolute Gasteiger partial charge is 0.315 e. The fourth-order valence-electron chi connectivity index (χ4n) is 1.05. The van der Waals surface area contributed by atoms with E-state index in [9.17, 15) is 9.59 Å². The van der Waals surface area contributed by atoms with Crippen LogP contribution in [0.4, 0.5) is 0 Å². The summed E-state index contributed by atoms with van der Waals surface area (Å²) in [5, 5.41) is 0.0189. The molecule has 0 amide bonds. The summed E-state index contributed by atoms with van der Waals surface area (Å²) in [6, 6.07) is 0. The number of nitrogens with one attached hydrogen (secondary N) is 2. The molecule has 0 radical (unpaired) electrons. The Balaban J connectivity index is 3.06. The molecule has 2 heterocycles. The Kier molecular flexibility index (Phi) is 2.46. The van der Waals surface area contributed by atoms with Crippen molar-refractivity contribution in [2.75, 3.05) is 0 Å². The van der Waals surface area contributed by atoms with E-state index in [4.69, 9.17) is 34.8 Å². The Hall–Kier alpha value is -1.04. The third-order valence-corrected chi connectivity index (χ3v) is 2.93. The van der Waals surface area contributed by atoms with Gasteiger partial charge < -0.3 is 9.97 Å². The van der Waals surface area contributed by atoms with E-state index < -0.39 is 11.1 Å². The van der Waals surface area contributed by atoms with Gasteiger partial charge >= 0.3 is 11.1 Å². The molecule has 0 saturated heterocycles. The normalized spacial score (nSPS) is 10.9. The Labute approximate surface area is 97.0 Å². The van der Waals surface area contributed by atoms with Crippen LogP contribution in [0.2, 0.25) is 15.2 Å². The number of aromatic amines is 2. The molecule has 2 aromatic heterocycles. The Morgan fingerprint density at radius 2 is 1.53 bits per heavy atom. The summed E-state index contributed by atoms with van der Waals surface area (Å²) >= 11 is 17.2. The maximum absolute atomic E-state index is 11.0. The molecule has 2 aromatic rings. The number of H-pyrrole nitrogens is 2. The van der Waals surface area contributed by atoms with Gasteiger partial charge in [0, 0.05) is 0 Å². The van der Waals surface area contributed by atoms with E-state index in [1.54, 1.807) is 0 Å². The van der Waals surface area contributed by atoms with Crippen molar-refractivity contribution in [3.05, 3.63) is 35.9 Å². The number of pyridine rings is 1. The summed E-state index contributed by atoms with van der Waals surface area (Å²) in [5.74, 6) is 0. The summed E-state index contributed by atoms with van der Waals surface area (Å²) in [7, 11) is 0. The van der Waals surface area contributed by atoms with Gasteiger partial charge in [0.25, 0.3) is 0 Å². The number of fused-ring (bicyclic) bond motifs is 1. The van der Waals surface area contributed by atoms with Crippen LogP contribution in [-0.4, -0.2) is 15.0 Å². The average Bonchev–Trinajstić information content (AvgIpc) is 2.19. The molecule has 0 aliphatic carbocycles. The quantitative estimate of drug-likeness (QED) is 0.561. The van der Waals surface area contributed by atoms with Crippen LogP contribution in [0.25, 0.3) is 11.2 Å². The third kappa shape index (κ3) is 1.62. The summed E-state index contributed by atoms with van der Waals surface area (Å²) in [5.41, 5.74) is -1.43. The van der Waals surface area contributed by atoms with Gasteiger partial charge in [-0.2, -0.15) is 0 Å². The van der Waals surface area contributed by atoms with E-state index in [1.165, 1.54) is 0 Å². The number of hydrogen-bond acceptors (Lipinski definition) is 3. The number of hydrogen-bond donors (Lipinski definition) is 2. The van der Waals surface area contributed by atoms with Crippen LogP contribution in [0.15, 0.2) is 9.59 Å². The van der Waals surface area contributed by atoms with Crippen LogP contribution in [0.3, 0.4) is 0 Å². The molecule has 0 aliphatic rings. The molecule has 0 unspecified atom stereocenters. The lowest BCUT2D eigenvalue weighted by Gasteiger charge is -2.02. The number of rotatable bonds is 0. The fourth-order valence-corrected chi connectivity index (χ4v) is 1.64. The van der Waals surface area contributed by atoms with Gasteiger partial charge in [0.1, 0.15) is 5.52 Å². The van der Waals surface area contributed by atoms with Crippen molar-refractivity contribution >= 4 is 46.0 Å². The van der Waals surface area contributed by atoms with Gasteiger partial charge in [0.2, 0.25) is 0 Å². The monoisotopic (exact) mass is 265 g/mol. The van der Waals surface area contributed by atoms with Crippen LogP contribution in [0.5, 0.6) is 0 Å². The highest BCUT2D eigenvalue weighted by Crippen LogP contribution is 2.31. The Bertz CT molecular complexity index is 661. The van der Waals surface area contributed by atoms with E-state index in [0.29, 0.717) is 0 Å². The summed E-state index contributed by atoms with van der Waals surface area (Å²) in [6.45, 7) is 0. The van der Waals surface area contributed by atoms with Gasteiger partial charge in [-0.15, -0.1) is 0 Å². The number of halogens is 3. The molecule has 0 atom stereocenters. The van der Waals surface area contributed by atoms with E-state index >= 15 is 0 Å². The molecule has 8 heteroatoms. The molecular weight excluding hydrogens is 264 g/mol. The van der Waals surface area contributed by atoms with Gasteiger partial charge in [0.05, 0.1) is 10.0 Å². The maximum atomic E-state index is 11.0. The SMILES string of the molecule is O=c1[nH]c2nc(Cl)c(Cl)c(Cl)c2[nH]c1=O. The molecular formula is C7H2Cl3N3O2. The molecule has 2 N–H and O–H groups in total. The first-order valence-corrected chi connectivity index (χ1v) is 4.81. The van der Waals surface area contributed by atoms with Crippen molar-refractivity contribution in [2.45, 2.75) is 0 Å². The molecule has 0 aliphatic heterocycles. The summed E-state index contributed by atoms with van der Waals surface area (Å²) < 4.78 is 0. The lowest BCUT2D eigenvalue weighted by molar-refractivity contribution is 1.11. The van der Waals surface area contributed by atoms with Gasteiger partial charge in [-0.25, -0.2) is 4.98 Å². The van der Waals surface area contributed by atoms with E-state index in [-0.39, 0.29) is 26.4 Å². The predicted molar refractivity (Wildman–Crippen MR) is 58.0 cm³/mol. The van der Waals surface area contributed by atoms with Crippen molar-refractivity contribution in [3.63, 3.8) is 0 Å². The maximum Gasteiger partial charge on any atom is 0.315 e. The lowest BCUT2D eigenvalue weighted by atomic mass is 10.4. The minimum Gasteiger partial charge on any atom is -0.313 e. The van der Waals surface area contributed by atoms with Crippen molar-refractivity contribution in [1.29, 1.82) is 0 Å². The first-order chi connectivity index (χ1) is 7.00. The van der Waals surface area contributed by atoms with Crippen LogP contribution in [0.1, 0.15) is 0 Å². The molecule has 0 saturated carbocycles. The van der Waals surface area contributed by atoms with Crippen LogP contribution < -0.4 is 11.1 Å². The van der Waals surface area contributed by atoms with E-state index in [2.05, 4.69) is 15.0 Å². The second-order valence-corrected chi connectivity index (χ2v) is 3.78. The molecule has 78 valence electrons. The van der Waals surface area contributed by atoms with Crippen LogP contribution in [0, 0.1) is 0 Å². The minimum absolute atomic E-state index is 0.0218. The number of nitrogens with zero attached hydrogens (tertiary/aromatic N) is 1. The average molecular weight is 266 g/mol. The molecule has 0 bridgehead atoms. The molecule has 0 fully saturated rings. The van der Waals surface area contributed by atoms with Crippen molar-refractivity contribution in [2.24, 2.45) is 0 Å². The van der Waals surface area contributed by atoms with Crippen molar-refractivity contribution < 1.29 is 0 Å². The highest BCUT2D eigenvalue weighted by atomic mass is 35.5. The second-order valence-electron chi connectivity index (χ2n) is 2.66.